The zero-order valence-corrected chi connectivity index (χ0v) is 11.3. The van der Waals surface area contributed by atoms with Gasteiger partial charge in [-0.1, -0.05) is 30.3 Å². The number of rotatable bonds is 4. The monoisotopic (exact) mass is 311 g/mol. The number of carbonyl (C=O) groups is 1. The van der Waals surface area contributed by atoms with E-state index in [0.29, 0.717) is 0 Å². The fourth-order valence-electron chi connectivity index (χ4n) is 1.71. The van der Waals surface area contributed by atoms with Crippen molar-refractivity contribution in [3.05, 3.63) is 64.1 Å². The number of alkyl halides is 3. The first-order valence-corrected chi connectivity index (χ1v) is 6.32. The molecule has 0 radical (unpaired) electrons. The van der Waals surface area contributed by atoms with Gasteiger partial charge in [0.15, 0.2) is 0 Å². The molecule has 0 bridgehead atoms. The molecule has 2 rings (SSSR count). The fraction of sp³-hybridized carbons (Fsp3) is 0.214. The molecule has 1 heterocycles. The summed E-state index contributed by atoms with van der Waals surface area (Å²) in [5.74, 6) is -0.987. The fourth-order valence-corrected chi connectivity index (χ4v) is 1.71. The first kappa shape index (κ1) is 15.7. The van der Waals surface area contributed by atoms with Crippen LogP contribution >= 0.6 is 0 Å². The molecule has 2 aromatic rings. The van der Waals surface area contributed by atoms with Gasteiger partial charge in [0.1, 0.15) is 12.2 Å². The van der Waals surface area contributed by atoms with Crippen LogP contribution in [0.25, 0.3) is 0 Å². The number of nitrogens with one attached hydrogen (secondary N) is 1. The predicted octanol–water partition coefficient (Wildman–Crippen LogP) is 1.58. The van der Waals surface area contributed by atoms with E-state index in [2.05, 4.69) is 5.10 Å². The highest BCUT2D eigenvalue weighted by atomic mass is 19.4. The normalized spacial score (nSPS) is 11.2. The van der Waals surface area contributed by atoms with Crippen LogP contribution < -0.4 is 10.9 Å². The van der Waals surface area contributed by atoms with Crippen LogP contribution in [0.1, 0.15) is 16.1 Å². The van der Waals surface area contributed by atoms with Gasteiger partial charge in [0, 0.05) is 6.07 Å². The number of carbonyl (C=O) groups excluding carboxylic acids is 1. The quantitative estimate of drug-likeness (QED) is 0.932. The lowest BCUT2D eigenvalue weighted by molar-refractivity contribution is -0.123. The van der Waals surface area contributed by atoms with E-state index in [4.69, 9.17) is 0 Å². The summed E-state index contributed by atoms with van der Waals surface area (Å²) in [6.45, 7) is -1.33. The molecular weight excluding hydrogens is 299 g/mol. The van der Waals surface area contributed by atoms with Crippen molar-refractivity contribution in [3.8, 4) is 0 Å². The third-order valence-corrected chi connectivity index (χ3v) is 2.72. The molecule has 8 heteroatoms. The average Bonchev–Trinajstić information content (AvgIpc) is 2.47. The van der Waals surface area contributed by atoms with E-state index in [1.54, 1.807) is 35.6 Å². The minimum Gasteiger partial charge on any atom is -0.342 e. The Bertz CT molecular complexity index is 711. The summed E-state index contributed by atoms with van der Waals surface area (Å²) in [6, 6.07) is 11.1. The van der Waals surface area contributed by atoms with E-state index in [-0.39, 0.29) is 12.2 Å². The number of nitrogens with zero attached hydrogens (tertiary/aromatic N) is 2. The van der Waals surface area contributed by atoms with Crippen molar-refractivity contribution >= 4 is 5.91 Å². The Morgan fingerprint density at radius 2 is 1.82 bits per heavy atom. The molecule has 1 amide bonds. The van der Waals surface area contributed by atoms with E-state index in [1.807, 2.05) is 0 Å². The first-order valence-electron chi connectivity index (χ1n) is 6.32. The van der Waals surface area contributed by atoms with Crippen LogP contribution in [-0.4, -0.2) is 28.4 Å². The van der Waals surface area contributed by atoms with Crippen LogP contribution in [0.2, 0.25) is 0 Å². The van der Waals surface area contributed by atoms with Crippen molar-refractivity contribution in [1.29, 1.82) is 0 Å². The van der Waals surface area contributed by atoms with Crippen LogP contribution in [0, 0.1) is 0 Å². The van der Waals surface area contributed by atoms with Crippen molar-refractivity contribution in [2.75, 3.05) is 6.54 Å². The van der Waals surface area contributed by atoms with E-state index < -0.39 is 24.2 Å². The molecule has 0 atom stereocenters. The van der Waals surface area contributed by atoms with Crippen LogP contribution in [0.4, 0.5) is 13.2 Å². The Hall–Kier alpha value is -2.64. The molecule has 1 aromatic heterocycles. The number of hydrogen-bond donors (Lipinski definition) is 1. The summed E-state index contributed by atoms with van der Waals surface area (Å²) in [4.78, 5) is 23.3. The van der Waals surface area contributed by atoms with Gasteiger partial charge in [-0.15, -0.1) is 0 Å². The van der Waals surface area contributed by atoms with Crippen LogP contribution in [0.5, 0.6) is 0 Å². The predicted molar refractivity (Wildman–Crippen MR) is 72.4 cm³/mol. The summed E-state index contributed by atoms with van der Waals surface area (Å²) in [7, 11) is 0. The summed E-state index contributed by atoms with van der Waals surface area (Å²) < 4.78 is 37.2. The Kier molecular flexibility index (Phi) is 4.59. The number of amides is 1. The maximum Gasteiger partial charge on any atom is 0.405 e. The first-order chi connectivity index (χ1) is 10.3. The molecule has 0 saturated carbocycles. The Morgan fingerprint density at radius 1 is 1.14 bits per heavy atom. The summed E-state index contributed by atoms with van der Waals surface area (Å²) in [5.41, 5.74) is 0.0842. The summed E-state index contributed by atoms with van der Waals surface area (Å²) >= 11 is 0. The molecule has 0 unspecified atom stereocenters. The zero-order valence-electron chi connectivity index (χ0n) is 11.3. The Labute approximate surface area is 123 Å². The maximum absolute atomic E-state index is 12.1. The van der Waals surface area contributed by atoms with Gasteiger partial charge >= 0.3 is 6.18 Å². The van der Waals surface area contributed by atoms with Gasteiger partial charge in [-0.05, 0) is 11.6 Å². The molecule has 5 nitrogen and oxygen atoms in total. The maximum atomic E-state index is 12.1. The van der Waals surface area contributed by atoms with Gasteiger partial charge in [0.25, 0.3) is 11.5 Å². The molecular formula is C14H12F3N3O2. The minimum absolute atomic E-state index is 0.125. The highest BCUT2D eigenvalue weighted by Gasteiger charge is 2.28. The molecule has 0 fully saturated rings. The van der Waals surface area contributed by atoms with Gasteiger partial charge in [-0.2, -0.15) is 18.3 Å². The lowest BCUT2D eigenvalue weighted by atomic mass is 10.2. The molecule has 1 N–H and O–H groups in total. The van der Waals surface area contributed by atoms with Crippen molar-refractivity contribution in [2.45, 2.75) is 12.7 Å². The van der Waals surface area contributed by atoms with E-state index in [0.717, 1.165) is 22.4 Å². The number of benzene rings is 1. The van der Waals surface area contributed by atoms with Gasteiger partial charge in [0.05, 0.1) is 6.54 Å². The molecule has 0 aliphatic carbocycles. The van der Waals surface area contributed by atoms with Crippen molar-refractivity contribution in [1.82, 2.24) is 15.1 Å². The number of aromatic nitrogens is 2. The molecule has 116 valence electrons. The molecule has 0 saturated heterocycles. The zero-order chi connectivity index (χ0) is 16.2. The van der Waals surface area contributed by atoms with E-state index in [1.165, 1.54) is 0 Å². The van der Waals surface area contributed by atoms with Crippen molar-refractivity contribution in [3.63, 3.8) is 0 Å². The van der Waals surface area contributed by atoms with Gasteiger partial charge in [-0.3, -0.25) is 9.59 Å². The standard InChI is InChI=1S/C14H12F3N3O2/c15-14(16,17)9-18-13(22)11-6-7-12(21)20(19-11)8-10-4-2-1-3-5-10/h1-7H,8-9H2,(H,18,22). The van der Waals surface area contributed by atoms with Gasteiger partial charge in [0.2, 0.25) is 0 Å². The Balaban J connectivity index is 2.16. The van der Waals surface area contributed by atoms with E-state index >= 15 is 0 Å². The van der Waals surface area contributed by atoms with Gasteiger partial charge < -0.3 is 5.32 Å². The van der Waals surface area contributed by atoms with Crippen molar-refractivity contribution in [2.24, 2.45) is 0 Å². The second kappa shape index (κ2) is 6.42. The smallest absolute Gasteiger partial charge is 0.342 e. The van der Waals surface area contributed by atoms with Crippen LogP contribution in [0.3, 0.4) is 0 Å². The Morgan fingerprint density at radius 3 is 2.45 bits per heavy atom. The summed E-state index contributed by atoms with van der Waals surface area (Å²) in [6.07, 6.45) is -4.51. The summed E-state index contributed by atoms with van der Waals surface area (Å²) in [5, 5.41) is 5.50. The SMILES string of the molecule is O=C(NCC(F)(F)F)c1ccc(=O)n(Cc2ccccc2)n1. The van der Waals surface area contributed by atoms with Crippen LogP contribution in [0.15, 0.2) is 47.3 Å². The number of halogens is 3. The van der Waals surface area contributed by atoms with E-state index in [9.17, 15) is 22.8 Å². The molecule has 0 aliphatic rings. The lowest BCUT2D eigenvalue weighted by Crippen LogP contribution is -2.35. The largest absolute Gasteiger partial charge is 0.405 e. The number of hydrogen-bond acceptors (Lipinski definition) is 3. The third kappa shape index (κ3) is 4.44. The molecule has 22 heavy (non-hydrogen) atoms. The topological polar surface area (TPSA) is 64.0 Å². The van der Waals surface area contributed by atoms with Gasteiger partial charge in [-0.25, -0.2) is 4.68 Å². The second-order valence-corrected chi connectivity index (χ2v) is 4.50. The average molecular weight is 311 g/mol. The lowest BCUT2D eigenvalue weighted by Gasteiger charge is -2.09. The molecule has 0 aliphatic heterocycles. The second-order valence-electron chi connectivity index (χ2n) is 4.50. The molecule has 0 spiro atoms. The van der Waals surface area contributed by atoms with Crippen molar-refractivity contribution < 1.29 is 18.0 Å². The third-order valence-electron chi connectivity index (χ3n) is 2.72. The minimum atomic E-state index is -4.51. The highest BCUT2D eigenvalue weighted by Crippen LogP contribution is 2.12. The molecule has 1 aromatic carbocycles. The highest BCUT2D eigenvalue weighted by molar-refractivity contribution is 5.92. The van der Waals surface area contributed by atoms with Crippen LogP contribution in [-0.2, 0) is 6.54 Å².